The summed E-state index contributed by atoms with van der Waals surface area (Å²) in [6.07, 6.45) is 1.11. The highest BCUT2D eigenvalue weighted by Gasteiger charge is 2.12. The Morgan fingerprint density at radius 2 is 2.25 bits per heavy atom. The summed E-state index contributed by atoms with van der Waals surface area (Å²) in [5.74, 6) is 0. The molecule has 0 saturated carbocycles. The number of rotatable bonds is 4. The maximum Gasteiger partial charge on any atom is 0.151 e. The van der Waals surface area contributed by atoms with Gasteiger partial charge in [0.1, 0.15) is 0 Å². The molecule has 2 rings (SSSR count). The molecule has 0 aliphatic rings. The second-order valence-corrected chi connectivity index (χ2v) is 6.29. The van der Waals surface area contributed by atoms with Gasteiger partial charge < -0.3 is 0 Å². The first-order valence-corrected chi connectivity index (χ1v) is 7.08. The smallest absolute Gasteiger partial charge is 0.151 e. The highest BCUT2D eigenvalue weighted by atomic mass is 32.2. The summed E-state index contributed by atoms with van der Waals surface area (Å²) in [5, 5.41) is 0.487. The van der Waals surface area contributed by atoms with Crippen LogP contribution < -0.4 is 0 Å². The molecule has 0 spiro atoms. The molecule has 1 aromatic carbocycles. The molecule has 0 saturated heterocycles. The number of nitrogens with zero attached hydrogens (tertiary/aromatic N) is 1. The molecule has 2 aromatic rings. The van der Waals surface area contributed by atoms with Crippen LogP contribution in [0, 0.1) is 0 Å². The van der Waals surface area contributed by atoms with E-state index in [-0.39, 0.29) is 0 Å². The van der Waals surface area contributed by atoms with Crippen molar-refractivity contribution in [3.63, 3.8) is 0 Å². The Balaban J connectivity index is 2.24. The van der Waals surface area contributed by atoms with Crippen molar-refractivity contribution < 1.29 is 0 Å². The number of hydrogen-bond acceptors (Lipinski definition) is 3. The quantitative estimate of drug-likeness (QED) is 0.573. The van der Waals surface area contributed by atoms with Crippen LogP contribution in [0.1, 0.15) is 20.3 Å². The lowest BCUT2D eigenvalue weighted by Crippen LogP contribution is -2.00. The summed E-state index contributed by atoms with van der Waals surface area (Å²) in [6.45, 7) is 8.32. The molecule has 1 atom stereocenters. The Morgan fingerprint density at radius 1 is 1.50 bits per heavy atom. The molecule has 1 nitrogen and oxygen atoms in total. The summed E-state index contributed by atoms with van der Waals surface area (Å²) in [7, 11) is 0. The topological polar surface area (TPSA) is 12.9 Å². The van der Waals surface area contributed by atoms with Crippen molar-refractivity contribution in [2.45, 2.75) is 29.9 Å². The van der Waals surface area contributed by atoms with E-state index in [9.17, 15) is 0 Å². The van der Waals surface area contributed by atoms with Crippen LogP contribution in [0.15, 0.2) is 40.8 Å². The second kappa shape index (κ2) is 5.02. The fourth-order valence-corrected chi connectivity index (χ4v) is 3.83. The van der Waals surface area contributed by atoms with E-state index in [2.05, 4.69) is 43.6 Å². The van der Waals surface area contributed by atoms with Gasteiger partial charge in [0.25, 0.3) is 0 Å². The van der Waals surface area contributed by atoms with E-state index in [0.29, 0.717) is 5.25 Å². The zero-order valence-corrected chi connectivity index (χ0v) is 11.2. The molecule has 0 radical (unpaired) electrons. The SMILES string of the molecule is C=C(C)C(CC)Sc1nc2ccccc2s1. The van der Waals surface area contributed by atoms with E-state index in [1.54, 1.807) is 11.3 Å². The number of hydrogen-bond donors (Lipinski definition) is 0. The van der Waals surface area contributed by atoms with Gasteiger partial charge >= 0.3 is 0 Å². The molecule has 1 unspecified atom stereocenters. The summed E-state index contributed by atoms with van der Waals surface area (Å²) in [6, 6.07) is 8.29. The van der Waals surface area contributed by atoms with Gasteiger partial charge in [-0.1, -0.05) is 43.0 Å². The van der Waals surface area contributed by atoms with Crippen LogP contribution in [0.4, 0.5) is 0 Å². The summed E-state index contributed by atoms with van der Waals surface area (Å²) in [5.41, 5.74) is 2.33. The van der Waals surface area contributed by atoms with E-state index in [0.717, 1.165) is 16.3 Å². The van der Waals surface area contributed by atoms with E-state index in [4.69, 9.17) is 0 Å². The highest BCUT2D eigenvalue weighted by molar-refractivity contribution is 8.01. The molecular formula is C13H15NS2. The van der Waals surface area contributed by atoms with E-state index >= 15 is 0 Å². The number of fused-ring (bicyclic) bond motifs is 1. The third-order valence-electron chi connectivity index (χ3n) is 2.44. The van der Waals surface area contributed by atoms with Gasteiger partial charge in [0.15, 0.2) is 4.34 Å². The highest BCUT2D eigenvalue weighted by Crippen LogP contribution is 2.34. The largest absolute Gasteiger partial charge is 0.230 e. The molecular weight excluding hydrogens is 234 g/mol. The van der Waals surface area contributed by atoms with Gasteiger partial charge in [-0.2, -0.15) is 0 Å². The van der Waals surface area contributed by atoms with Gasteiger partial charge in [-0.3, -0.25) is 0 Å². The van der Waals surface area contributed by atoms with Crippen LogP contribution >= 0.6 is 23.1 Å². The minimum Gasteiger partial charge on any atom is -0.230 e. The third kappa shape index (κ3) is 2.47. The van der Waals surface area contributed by atoms with Gasteiger partial charge in [0.2, 0.25) is 0 Å². The standard InChI is InChI=1S/C13H15NS2/c1-4-11(9(2)3)15-13-14-10-7-5-6-8-12(10)16-13/h5-8,11H,2,4H2,1,3H3. The first kappa shape index (κ1) is 11.7. The first-order chi connectivity index (χ1) is 7.70. The van der Waals surface area contributed by atoms with Gasteiger partial charge in [0.05, 0.1) is 10.2 Å². The van der Waals surface area contributed by atoms with Gasteiger partial charge in [0, 0.05) is 5.25 Å². The van der Waals surface area contributed by atoms with Crippen LogP contribution in [-0.2, 0) is 0 Å². The van der Waals surface area contributed by atoms with Crippen LogP contribution in [0.25, 0.3) is 10.2 Å². The number of para-hydroxylation sites is 1. The van der Waals surface area contributed by atoms with Crippen LogP contribution in [0.3, 0.4) is 0 Å². The number of thioether (sulfide) groups is 1. The Labute approximate surface area is 105 Å². The molecule has 0 aliphatic carbocycles. The van der Waals surface area contributed by atoms with Crippen molar-refractivity contribution in [1.29, 1.82) is 0 Å². The lowest BCUT2D eigenvalue weighted by atomic mass is 10.2. The normalized spacial score (nSPS) is 12.9. The number of benzene rings is 1. The van der Waals surface area contributed by atoms with Gasteiger partial charge in [-0.15, -0.1) is 11.3 Å². The monoisotopic (exact) mass is 249 g/mol. The second-order valence-electron chi connectivity index (χ2n) is 3.81. The fraction of sp³-hybridized carbons (Fsp3) is 0.308. The van der Waals surface area contributed by atoms with Gasteiger partial charge in [-0.05, 0) is 25.5 Å². The fourth-order valence-electron chi connectivity index (χ4n) is 1.56. The molecule has 0 N–H and O–H groups in total. The van der Waals surface area contributed by atoms with Gasteiger partial charge in [-0.25, -0.2) is 4.98 Å². The first-order valence-electron chi connectivity index (χ1n) is 5.38. The summed E-state index contributed by atoms with van der Waals surface area (Å²) >= 11 is 3.60. The minimum absolute atomic E-state index is 0.487. The molecule has 0 bridgehead atoms. The Bertz CT molecular complexity index is 468. The van der Waals surface area contributed by atoms with E-state index in [1.807, 2.05) is 17.8 Å². The molecule has 1 heterocycles. The zero-order chi connectivity index (χ0) is 11.5. The van der Waals surface area contributed by atoms with Crippen molar-refractivity contribution in [2.75, 3.05) is 0 Å². The van der Waals surface area contributed by atoms with Crippen LogP contribution in [0.5, 0.6) is 0 Å². The summed E-state index contributed by atoms with van der Waals surface area (Å²) in [4.78, 5) is 4.62. The Hall–Kier alpha value is -0.800. The lowest BCUT2D eigenvalue weighted by molar-refractivity contribution is 0.927. The Morgan fingerprint density at radius 3 is 2.88 bits per heavy atom. The predicted octanol–water partition coefficient (Wildman–Crippen LogP) is 4.74. The van der Waals surface area contributed by atoms with E-state index < -0.39 is 0 Å². The molecule has 0 fully saturated rings. The third-order valence-corrected chi connectivity index (χ3v) is 5.12. The lowest BCUT2D eigenvalue weighted by Gasteiger charge is -2.11. The van der Waals surface area contributed by atoms with Crippen molar-refractivity contribution in [3.05, 3.63) is 36.4 Å². The average Bonchev–Trinajstić information content (AvgIpc) is 2.67. The van der Waals surface area contributed by atoms with Crippen molar-refractivity contribution in [2.24, 2.45) is 0 Å². The Kier molecular flexibility index (Phi) is 3.66. The van der Waals surface area contributed by atoms with Crippen LogP contribution in [-0.4, -0.2) is 10.2 Å². The van der Waals surface area contributed by atoms with Crippen molar-refractivity contribution in [3.8, 4) is 0 Å². The maximum absolute atomic E-state index is 4.62. The van der Waals surface area contributed by atoms with Crippen molar-refractivity contribution >= 4 is 33.3 Å². The minimum atomic E-state index is 0.487. The molecule has 1 aromatic heterocycles. The molecule has 84 valence electrons. The van der Waals surface area contributed by atoms with Crippen molar-refractivity contribution in [1.82, 2.24) is 4.98 Å². The maximum atomic E-state index is 4.62. The molecule has 0 amide bonds. The van der Waals surface area contributed by atoms with Crippen LogP contribution in [0.2, 0.25) is 0 Å². The number of aromatic nitrogens is 1. The molecule has 16 heavy (non-hydrogen) atoms. The van der Waals surface area contributed by atoms with E-state index in [1.165, 1.54) is 10.3 Å². The average molecular weight is 249 g/mol. The predicted molar refractivity (Wildman–Crippen MR) is 74.4 cm³/mol. The zero-order valence-electron chi connectivity index (χ0n) is 9.56. The number of thiazole rings is 1. The summed E-state index contributed by atoms with van der Waals surface area (Å²) < 4.78 is 2.41. The molecule has 3 heteroatoms. The molecule has 0 aliphatic heterocycles.